The Labute approximate surface area is 94.3 Å². The molecule has 1 aromatic carbocycles. The van der Waals surface area contributed by atoms with Gasteiger partial charge in [-0.25, -0.2) is 8.78 Å². The summed E-state index contributed by atoms with van der Waals surface area (Å²) < 4.78 is 26.8. The van der Waals surface area contributed by atoms with E-state index in [9.17, 15) is 8.78 Å². The topological polar surface area (TPSA) is 32.3 Å². The first kappa shape index (κ1) is 13.1. The number of hydrogen-bond donors (Lipinski definition) is 2. The van der Waals surface area contributed by atoms with Gasteiger partial charge in [0.05, 0.1) is 0 Å². The van der Waals surface area contributed by atoms with Gasteiger partial charge in [-0.2, -0.15) is 0 Å². The monoisotopic (exact) mass is 229 g/mol. The van der Waals surface area contributed by atoms with Crippen molar-refractivity contribution < 1.29 is 13.9 Å². The molecule has 90 valence electrons. The quantitative estimate of drug-likeness (QED) is 0.811. The van der Waals surface area contributed by atoms with Crippen molar-refractivity contribution in [1.29, 1.82) is 0 Å². The first-order valence-corrected chi connectivity index (χ1v) is 5.34. The highest BCUT2D eigenvalue weighted by Crippen LogP contribution is 2.20. The highest BCUT2D eigenvalue weighted by Gasteiger charge is 2.15. The Morgan fingerprint density at radius 2 is 1.81 bits per heavy atom. The normalized spacial score (nSPS) is 14.8. The van der Waals surface area contributed by atoms with Crippen LogP contribution in [0.5, 0.6) is 0 Å². The van der Waals surface area contributed by atoms with Crippen LogP contribution in [0.4, 0.5) is 8.78 Å². The lowest BCUT2D eigenvalue weighted by Crippen LogP contribution is -2.27. The highest BCUT2D eigenvalue weighted by molar-refractivity contribution is 5.22. The standard InChI is InChI=1S/C12H17F2NO/c1-8(7-16)6-15-9(2)12-10(13)4-3-5-11(12)14/h3-5,8-9,15-16H,6-7H2,1-2H3. The van der Waals surface area contributed by atoms with E-state index >= 15 is 0 Å². The smallest absolute Gasteiger partial charge is 0.130 e. The Morgan fingerprint density at radius 3 is 2.31 bits per heavy atom. The largest absolute Gasteiger partial charge is 0.396 e. The zero-order valence-corrected chi connectivity index (χ0v) is 9.50. The molecule has 4 heteroatoms. The van der Waals surface area contributed by atoms with Gasteiger partial charge in [-0.15, -0.1) is 0 Å². The third kappa shape index (κ3) is 3.25. The molecule has 0 amide bonds. The van der Waals surface area contributed by atoms with E-state index in [1.807, 2.05) is 6.92 Å². The van der Waals surface area contributed by atoms with Crippen LogP contribution >= 0.6 is 0 Å². The van der Waals surface area contributed by atoms with E-state index in [1.54, 1.807) is 6.92 Å². The number of aliphatic hydroxyl groups is 1. The molecule has 2 nitrogen and oxygen atoms in total. The van der Waals surface area contributed by atoms with Gasteiger partial charge in [0.1, 0.15) is 11.6 Å². The molecule has 2 atom stereocenters. The minimum absolute atomic E-state index is 0.0487. The maximum absolute atomic E-state index is 13.4. The molecule has 0 aromatic heterocycles. The van der Waals surface area contributed by atoms with Gasteiger partial charge in [0.25, 0.3) is 0 Å². The molecule has 0 saturated carbocycles. The summed E-state index contributed by atoms with van der Waals surface area (Å²) in [4.78, 5) is 0. The number of benzene rings is 1. The van der Waals surface area contributed by atoms with Crippen molar-refractivity contribution in [3.63, 3.8) is 0 Å². The third-order valence-corrected chi connectivity index (χ3v) is 2.52. The number of rotatable bonds is 5. The maximum atomic E-state index is 13.4. The van der Waals surface area contributed by atoms with Crippen molar-refractivity contribution in [2.75, 3.05) is 13.2 Å². The van der Waals surface area contributed by atoms with E-state index in [0.29, 0.717) is 6.54 Å². The first-order valence-electron chi connectivity index (χ1n) is 5.34. The van der Waals surface area contributed by atoms with E-state index in [0.717, 1.165) is 0 Å². The fourth-order valence-corrected chi connectivity index (χ4v) is 1.47. The van der Waals surface area contributed by atoms with E-state index in [4.69, 9.17) is 5.11 Å². The lowest BCUT2D eigenvalue weighted by molar-refractivity contribution is 0.230. The van der Waals surface area contributed by atoms with Crippen molar-refractivity contribution in [3.05, 3.63) is 35.4 Å². The zero-order valence-electron chi connectivity index (χ0n) is 9.50. The summed E-state index contributed by atoms with van der Waals surface area (Å²) in [5.74, 6) is -1.02. The van der Waals surface area contributed by atoms with E-state index in [1.165, 1.54) is 18.2 Å². The number of halogens is 2. The second-order valence-electron chi connectivity index (χ2n) is 4.05. The SMILES string of the molecule is CC(CO)CNC(C)c1c(F)cccc1F. The average Bonchev–Trinajstić information content (AvgIpc) is 2.25. The maximum Gasteiger partial charge on any atom is 0.130 e. The highest BCUT2D eigenvalue weighted by atomic mass is 19.1. The Hall–Kier alpha value is -1.00. The van der Waals surface area contributed by atoms with Crippen molar-refractivity contribution >= 4 is 0 Å². The van der Waals surface area contributed by atoms with Gasteiger partial charge in [-0.1, -0.05) is 13.0 Å². The Bertz CT molecular complexity index is 324. The van der Waals surface area contributed by atoms with Crippen LogP contribution in [0.1, 0.15) is 25.5 Å². The molecule has 0 heterocycles. The van der Waals surface area contributed by atoms with Crippen LogP contribution < -0.4 is 5.32 Å². The van der Waals surface area contributed by atoms with Gasteiger partial charge in [0, 0.05) is 24.8 Å². The number of nitrogens with one attached hydrogen (secondary N) is 1. The minimum atomic E-state index is -0.545. The number of aliphatic hydroxyl groups excluding tert-OH is 1. The summed E-state index contributed by atoms with van der Waals surface area (Å²) in [6.07, 6.45) is 0. The van der Waals surface area contributed by atoms with Crippen LogP contribution in [0, 0.1) is 17.6 Å². The molecule has 0 saturated heterocycles. The van der Waals surface area contributed by atoms with Crippen LogP contribution in [0.15, 0.2) is 18.2 Å². The van der Waals surface area contributed by atoms with Crippen molar-refractivity contribution in [2.45, 2.75) is 19.9 Å². The van der Waals surface area contributed by atoms with E-state index < -0.39 is 17.7 Å². The molecule has 0 fully saturated rings. The van der Waals surface area contributed by atoms with E-state index in [-0.39, 0.29) is 18.1 Å². The second kappa shape index (κ2) is 5.92. The molecule has 0 aliphatic carbocycles. The molecule has 2 N–H and O–H groups in total. The average molecular weight is 229 g/mol. The van der Waals surface area contributed by atoms with Crippen LogP contribution in [0.3, 0.4) is 0 Å². The first-order chi connectivity index (χ1) is 7.56. The van der Waals surface area contributed by atoms with Gasteiger partial charge in [0.15, 0.2) is 0 Å². The molecular formula is C12H17F2NO. The molecule has 1 rings (SSSR count). The van der Waals surface area contributed by atoms with Crippen LogP contribution in [0.25, 0.3) is 0 Å². The lowest BCUT2D eigenvalue weighted by Gasteiger charge is -2.17. The molecule has 1 aromatic rings. The van der Waals surface area contributed by atoms with Gasteiger partial charge >= 0.3 is 0 Å². The molecule has 2 unspecified atom stereocenters. The summed E-state index contributed by atoms with van der Waals surface area (Å²) in [6, 6.07) is 3.42. The molecule has 0 bridgehead atoms. The molecule has 0 aliphatic rings. The van der Waals surface area contributed by atoms with Crippen LogP contribution in [-0.4, -0.2) is 18.3 Å². The van der Waals surface area contributed by atoms with Gasteiger partial charge < -0.3 is 10.4 Å². The van der Waals surface area contributed by atoms with E-state index in [2.05, 4.69) is 5.32 Å². The summed E-state index contributed by atoms with van der Waals surface area (Å²) in [6.45, 7) is 4.13. The molecule has 0 radical (unpaired) electrons. The van der Waals surface area contributed by atoms with Crippen LogP contribution in [0.2, 0.25) is 0 Å². The fraction of sp³-hybridized carbons (Fsp3) is 0.500. The van der Waals surface area contributed by atoms with Crippen molar-refractivity contribution in [1.82, 2.24) is 5.32 Å². The predicted molar refractivity (Wildman–Crippen MR) is 59.0 cm³/mol. The minimum Gasteiger partial charge on any atom is -0.396 e. The Morgan fingerprint density at radius 1 is 1.25 bits per heavy atom. The number of hydrogen-bond acceptors (Lipinski definition) is 2. The van der Waals surface area contributed by atoms with Gasteiger partial charge in [0.2, 0.25) is 0 Å². The van der Waals surface area contributed by atoms with Crippen molar-refractivity contribution in [2.24, 2.45) is 5.92 Å². The summed E-state index contributed by atoms with van der Waals surface area (Å²) in [7, 11) is 0. The molecule has 16 heavy (non-hydrogen) atoms. The summed E-state index contributed by atoms with van der Waals surface area (Å²) in [5, 5.41) is 11.8. The van der Waals surface area contributed by atoms with Gasteiger partial charge in [-0.05, 0) is 25.0 Å². The predicted octanol–water partition coefficient (Wildman–Crippen LogP) is 2.24. The van der Waals surface area contributed by atoms with Crippen LogP contribution in [-0.2, 0) is 0 Å². The lowest BCUT2D eigenvalue weighted by atomic mass is 10.1. The fourth-order valence-electron chi connectivity index (χ4n) is 1.47. The summed E-state index contributed by atoms with van der Waals surface area (Å²) >= 11 is 0. The zero-order chi connectivity index (χ0) is 12.1. The second-order valence-corrected chi connectivity index (χ2v) is 4.05. The molecule has 0 aliphatic heterocycles. The Kier molecular flexibility index (Phi) is 4.83. The van der Waals surface area contributed by atoms with Gasteiger partial charge in [-0.3, -0.25) is 0 Å². The van der Waals surface area contributed by atoms with Crippen molar-refractivity contribution in [3.8, 4) is 0 Å². The third-order valence-electron chi connectivity index (χ3n) is 2.52. The molecule has 0 spiro atoms. The Balaban J connectivity index is 2.69. The molecular weight excluding hydrogens is 212 g/mol. The summed E-state index contributed by atoms with van der Waals surface area (Å²) in [5.41, 5.74) is 0.0487.